The first kappa shape index (κ1) is 11.5. The first-order valence-corrected chi connectivity index (χ1v) is 5.96. The van der Waals surface area contributed by atoms with Gasteiger partial charge in [-0.2, -0.15) is 0 Å². The molecule has 0 saturated carbocycles. The molecule has 0 amide bonds. The van der Waals surface area contributed by atoms with E-state index in [0.29, 0.717) is 6.42 Å². The van der Waals surface area contributed by atoms with Crippen LogP contribution in [0, 0.1) is 0 Å². The van der Waals surface area contributed by atoms with E-state index >= 15 is 0 Å². The SMILES string of the molecule is COC(=O)C(N)CCSc1nccs1. The third-order valence-corrected chi connectivity index (χ3v) is 3.57. The van der Waals surface area contributed by atoms with Gasteiger partial charge in [0.15, 0.2) is 0 Å². The molecule has 1 rings (SSSR count). The molecule has 0 aromatic carbocycles. The van der Waals surface area contributed by atoms with Crippen LogP contribution in [0.5, 0.6) is 0 Å². The van der Waals surface area contributed by atoms with E-state index in [2.05, 4.69) is 9.72 Å². The lowest BCUT2D eigenvalue weighted by atomic mass is 10.2. The van der Waals surface area contributed by atoms with Gasteiger partial charge in [0, 0.05) is 17.3 Å². The van der Waals surface area contributed by atoms with Crippen LogP contribution in [0.25, 0.3) is 0 Å². The van der Waals surface area contributed by atoms with Crippen molar-refractivity contribution in [3.8, 4) is 0 Å². The number of nitrogens with two attached hydrogens (primary N) is 1. The van der Waals surface area contributed by atoms with Gasteiger partial charge in [-0.25, -0.2) is 4.98 Å². The fraction of sp³-hybridized carbons (Fsp3) is 0.500. The lowest BCUT2D eigenvalue weighted by Crippen LogP contribution is -2.31. The Hall–Kier alpha value is -0.590. The summed E-state index contributed by atoms with van der Waals surface area (Å²) in [6.45, 7) is 0. The summed E-state index contributed by atoms with van der Waals surface area (Å²) < 4.78 is 5.52. The zero-order chi connectivity index (χ0) is 10.4. The molecule has 0 radical (unpaired) electrons. The summed E-state index contributed by atoms with van der Waals surface area (Å²) in [6, 6.07) is -0.521. The van der Waals surface area contributed by atoms with E-state index in [1.165, 1.54) is 7.11 Å². The maximum absolute atomic E-state index is 10.9. The summed E-state index contributed by atoms with van der Waals surface area (Å²) in [7, 11) is 1.34. The zero-order valence-corrected chi connectivity index (χ0v) is 9.44. The van der Waals surface area contributed by atoms with Crippen LogP contribution in [0.15, 0.2) is 15.9 Å². The Labute approximate surface area is 90.9 Å². The molecular formula is C8H12N2O2S2. The van der Waals surface area contributed by atoms with Crippen molar-refractivity contribution in [2.75, 3.05) is 12.9 Å². The van der Waals surface area contributed by atoms with E-state index in [1.807, 2.05) is 5.38 Å². The molecule has 78 valence electrons. The number of methoxy groups -OCH3 is 1. The molecule has 0 aliphatic carbocycles. The molecule has 1 atom stereocenters. The van der Waals surface area contributed by atoms with Crippen molar-refractivity contribution in [3.63, 3.8) is 0 Å². The highest BCUT2D eigenvalue weighted by molar-refractivity contribution is 8.00. The van der Waals surface area contributed by atoms with Crippen molar-refractivity contribution in [1.29, 1.82) is 0 Å². The van der Waals surface area contributed by atoms with Crippen molar-refractivity contribution in [2.24, 2.45) is 5.73 Å². The van der Waals surface area contributed by atoms with Gasteiger partial charge in [-0.1, -0.05) is 11.8 Å². The molecule has 0 aliphatic rings. The fourth-order valence-electron chi connectivity index (χ4n) is 0.824. The number of thiazole rings is 1. The van der Waals surface area contributed by atoms with E-state index in [0.717, 1.165) is 10.1 Å². The Kier molecular flexibility index (Phi) is 4.92. The molecule has 4 nitrogen and oxygen atoms in total. The molecule has 0 fully saturated rings. The minimum Gasteiger partial charge on any atom is -0.468 e. The summed E-state index contributed by atoms with van der Waals surface area (Å²) in [5.41, 5.74) is 5.56. The molecular weight excluding hydrogens is 220 g/mol. The number of esters is 1. The van der Waals surface area contributed by atoms with Crippen LogP contribution in [0.3, 0.4) is 0 Å². The Bertz CT molecular complexity index is 277. The van der Waals surface area contributed by atoms with Crippen molar-refractivity contribution in [3.05, 3.63) is 11.6 Å². The maximum atomic E-state index is 10.9. The molecule has 0 aliphatic heterocycles. The average molecular weight is 232 g/mol. The van der Waals surface area contributed by atoms with Crippen LogP contribution in [0.4, 0.5) is 0 Å². The largest absolute Gasteiger partial charge is 0.468 e. The summed E-state index contributed by atoms with van der Waals surface area (Å²) in [6.07, 6.45) is 2.37. The Balaban J connectivity index is 2.18. The van der Waals surface area contributed by atoms with Crippen LogP contribution < -0.4 is 5.73 Å². The van der Waals surface area contributed by atoms with Gasteiger partial charge in [-0.3, -0.25) is 4.79 Å². The van der Waals surface area contributed by atoms with Crippen molar-refractivity contribution >= 4 is 29.1 Å². The van der Waals surface area contributed by atoms with Crippen LogP contribution in [-0.2, 0) is 9.53 Å². The fourth-order valence-corrected chi connectivity index (χ4v) is 2.55. The zero-order valence-electron chi connectivity index (χ0n) is 7.80. The predicted octanol–water partition coefficient (Wildman–Crippen LogP) is 1.13. The Morgan fingerprint density at radius 2 is 2.64 bits per heavy atom. The second-order valence-corrected chi connectivity index (χ2v) is 4.80. The highest BCUT2D eigenvalue weighted by atomic mass is 32.2. The van der Waals surface area contributed by atoms with Crippen LogP contribution in [0.1, 0.15) is 6.42 Å². The molecule has 0 bridgehead atoms. The number of nitrogens with zero attached hydrogens (tertiary/aromatic N) is 1. The number of rotatable bonds is 5. The van der Waals surface area contributed by atoms with Crippen LogP contribution in [-0.4, -0.2) is 29.9 Å². The standard InChI is InChI=1S/C8H12N2O2S2/c1-12-7(11)6(9)2-4-13-8-10-3-5-14-8/h3,5-6H,2,4,9H2,1H3. The van der Waals surface area contributed by atoms with Gasteiger partial charge in [0.2, 0.25) is 0 Å². The molecule has 1 heterocycles. The molecule has 1 aromatic rings. The molecule has 0 spiro atoms. The topological polar surface area (TPSA) is 65.2 Å². The minimum atomic E-state index is -0.521. The molecule has 6 heteroatoms. The van der Waals surface area contributed by atoms with Gasteiger partial charge in [0.25, 0.3) is 0 Å². The summed E-state index contributed by atoms with van der Waals surface area (Å²) in [4.78, 5) is 15.0. The molecule has 1 aromatic heterocycles. The number of hydrogen-bond donors (Lipinski definition) is 1. The van der Waals surface area contributed by atoms with E-state index < -0.39 is 6.04 Å². The number of thioether (sulfide) groups is 1. The van der Waals surface area contributed by atoms with E-state index in [-0.39, 0.29) is 5.97 Å². The number of carbonyl (C=O) groups is 1. The third kappa shape index (κ3) is 3.65. The first-order chi connectivity index (χ1) is 6.74. The van der Waals surface area contributed by atoms with Crippen LogP contribution >= 0.6 is 23.1 Å². The van der Waals surface area contributed by atoms with E-state index in [1.54, 1.807) is 29.3 Å². The monoisotopic (exact) mass is 232 g/mol. The van der Waals surface area contributed by atoms with Crippen LogP contribution in [0.2, 0.25) is 0 Å². The lowest BCUT2D eigenvalue weighted by Gasteiger charge is -2.07. The van der Waals surface area contributed by atoms with Crippen molar-refractivity contribution < 1.29 is 9.53 Å². The number of carbonyl (C=O) groups excluding carboxylic acids is 1. The highest BCUT2D eigenvalue weighted by Gasteiger charge is 2.13. The third-order valence-electron chi connectivity index (χ3n) is 1.57. The number of aromatic nitrogens is 1. The highest BCUT2D eigenvalue weighted by Crippen LogP contribution is 2.20. The lowest BCUT2D eigenvalue weighted by molar-refractivity contribution is -0.142. The molecule has 2 N–H and O–H groups in total. The van der Waals surface area contributed by atoms with Gasteiger partial charge in [0.1, 0.15) is 10.4 Å². The number of hydrogen-bond acceptors (Lipinski definition) is 6. The van der Waals surface area contributed by atoms with Crippen molar-refractivity contribution in [2.45, 2.75) is 16.8 Å². The quantitative estimate of drug-likeness (QED) is 0.609. The Morgan fingerprint density at radius 3 is 3.21 bits per heavy atom. The molecule has 1 unspecified atom stereocenters. The Morgan fingerprint density at radius 1 is 1.86 bits per heavy atom. The molecule has 0 saturated heterocycles. The van der Waals surface area contributed by atoms with E-state index in [9.17, 15) is 4.79 Å². The van der Waals surface area contributed by atoms with Crippen molar-refractivity contribution in [1.82, 2.24) is 4.98 Å². The van der Waals surface area contributed by atoms with E-state index in [4.69, 9.17) is 5.73 Å². The average Bonchev–Trinajstić information content (AvgIpc) is 2.69. The number of ether oxygens (including phenoxy) is 1. The van der Waals surface area contributed by atoms with Gasteiger partial charge in [-0.05, 0) is 6.42 Å². The normalized spacial score (nSPS) is 12.4. The second kappa shape index (κ2) is 6.00. The van der Waals surface area contributed by atoms with Gasteiger partial charge in [0.05, 0.1) is 7.11 Å². The summed E-state index contributed by atoms with van der Waals surface area (Å²) in [5, 5.41) is 1.92. The minimum absolute atomic E-state index is 0.357. The van der Waals surface area contributed by atoms with Gasteiger partial charge in [-0.15, -0.1) is 11.3 Å². The maximum Gasteiger partial charge on any atom is 0.322 e. The van der Waals surface area contributed by atoms with Gasteiger partial charge >= 0.3 is 5.97 Å². The molecule has 14 heavy (non-hydrogen) atoms. The predicted molar refractivity (Wildman–Crippen MR) is 57.4 cm³/mol. The van der Waals surface area contributed by atoms with Gasteiger partial charge < -0.3 is 10.5 Å². The smallest absolute Gasteiger partial charge is 0.322 e. The second-order valence-electron chi connectivity index (χ2n) is 2.56. The summed E-state index contributed by atoms with van der Waals surface area (Å²) in [5.74, 6) is 0.425. The first-order valence-electron chi connectivity index (χ1n) is 4.09. The summed E-state index contributed by atoms with van der Waals surface area (Å²) >= 11 is 3.19.